The maximum atomic E-state index is 5.95. The molecule has 656 valence electrons. The van der Waals surface area contributed by atoms with Crippen LogP contribution in [-0.4, -0.2) is 44.9 Å². The molecule has 17 nitrogen and oxygen atoms in total. The second kappa shape index (κ2) is 44.5. The van der Waals surface area contributed by atoms with Gasteiger partial charge in [-0.1, -0.05) is 236 Å². The zero-order valence-electron chi connectivity index (χ0n) is 70.7. The van der Waals surface area contributed by atoms with E-state index in [1.807, 2.05) is 357 Å². The van der Waals surface area contributed by atoms with E-state index in [0.29, 0.717) is 23.3 Å². The Labute approximate surface area is 842 Å². The van der Waals surface area contributed by atoms with Gasteiger partial charge < -0.3 is 34.8 Å². The van der Waals surface area contributed by atoms with Gasteiger partial charge in [-0.2, -0.15) is 11.3 Å². The average Bonchev–Trinajstić information content (AvgIpc) is 1.66. The number of hydrogen-bond acceptors (Lipinski definition) is 17. The molecule has 0 fully saturated rings. The predicted octanol–water partition coefficient (Wildman–Crippen LogP) is 29.2. The van der Waals surface area contributed by atoms with Crippen LogP contribution in [0.4, 0.5) is 68.6 Å². The number of benzene rings is 11. The molecule has 20 aromatic rings. The summed E-state index contributed by atoms with van der Waals surface area (Å²) in [5.74, 6) is 6.18. The van der Waals surface area contributed by atoms with E-state index in [1.54, 1.807) is 41.0 Å². The molecule has 0 N–H and O–H groups in total. The topological polar surface area (TPSA) is 176 Å². The number of ether oxygens (including phenoxy) is 2. The van der Waals surface area contributed by atoms with Crippen molar-refractivity contribution in [2.24, 2.45) is 0 Å². The van der Waals surface area contributed by atoms with Crippen molar-refractivity contribution in [3.63, 3.8) is 0 Å². The van der Waals surface area contributed by atoms with Crippen molar-refractivity contribution in [1.29, 1.82) is 0 Å². The van der Waals surface area contributed by atoms with Gasteiger partial charge >= 0.3 is 63.2 Å². The molecule has 0 radical (unpaired) electrons. The van der Waals surface area contributed by atoms with Crippen molar-refractivity contribution in [3.8, 4) is 101 Å². The summed E-state index contributed by atoms with van der Waals surface area (Å²) < 4.78 is 11.8. The summed E-state index contributed by atoms with van der Waals surface area (Å²) in [7, 11) is 0. The van der Waals surface area contributed by atoms with Gasteiger partial charge in [0.2, 0.25) is 11.8 Å². The molecule has 11 aromatic carbocycles. The van der Waals surface area contributed by atoms with E-state index in [-0.39, 0.29) is 84.3 Å². The van der Waals surface area contributed by atoms with Crippen molar-refractivity contribution in [1.82, 2.24) is 44.9 Å². The van der Waals surface area contributed by atoms with Crippen LogP contribution in [-0.2, 0) is 84.3 Å². The normalized spacial score (nSPS) is 12.0. The minimum absolute atomic E-state index is 0. The zero-order valence-corrected chi connectivity index (χ0v) is 81.4. The van der Waals surface area contributed by atoms with Crippen LogP contribution in [0.3, 0.4) is 0 Å². The molecule has 12 heterocycles. The number of aromatic nitrogens is 9. The molecule has 134 heavy (non-hydrogen) atoms. The van der Waals surface area contributed by atoms with E-state index in [1.165, 1.54) is 0 Å². The summed E-state index contributed by atoms with van der Waals surface area (Å²) in [6, 6.07) is 148. The third-order valence-electron chi connectivity index (χ3n) is 20.7. The van der Waals surface area contributed by atoms with Crippen LogP contribution in [0.15, 0.2) is 435 Å². The van der Waals surface area contributed by atoms with Gasteiger partial charge in [0.05, 0.1) is 22.8 Å². The third kappa shape index (κ3) is 21.9. The minimum atomic E-state index is 0. The largest absolute Gasteiger partial charge is 2.00 e. The maximum Gasteiger partial charge on any atom is 2.00 e. The van der Waals surface area contributed by atoms with Crippen LogP contribution < -0.4 is 29.1 Å². The number of nitrogens with zero attached hydrogens (tertiary/aromatic N) is 15. The molecule has 0 saturated carbocycles. The number of hydrogen-bond donors (Lipinski definition) is 0. The van der Waals surface area contributed by atoms with Crippen LogP contribution in [0.1, 0.15) is 11.4 Å². The van der Waals surface area contributed by atoms with Gasteiger partial charge in [-0.05, 0) is 160 Å². The van der Waals surface area contributed by atoms with Crippen LogP contribution in [0, 0.1) is 30.3 Å². The number of fused-ring (bicyclic) bond motifs is 12. The molecular formula is C111H72N15O2Pt4S2-. The molecule has 3 aliphatic rings. The van der Waals surface area contributed by atoms with Gasteiger partial charge in [0.1, 0.15) is 28.2 Å². The first-order valence-electron chi connectivity index (χ1n) is 41.8. The first-order chi connectivity index (χ1) is 64.4. The van der Waals surface area contributed by atoms with Crippen LogP contribution in [0.2, 0.25) is 0 Å². The smallest absolute Gasteiger partial charge is 0.497 e. The molecule has 9 aromatic heterocycles. The van der Waals surface area contributed by atoms with Crippen molar-refractivity contribution < 1.29 is 93.7 Å². The van der Waals surface area contributed by atoms with Gasteiger partial charge in [-0.15, -0.1) is 160 Å². The number of anilines is 10. The summed E-state index contributed by atoms with van der Waals surface area (Å²) >= 11 is 3.19. The summed E-state index contributed by atoms with van der Waals surface area (Å²) in [5.41, 5.74) is 20.8. The van der Waals surface area contributed by atoms with E-state index in [9.17, 15) is 0 Å². The molecule has 0 unspecified atom stereocenters. The van der Waals surface area contributed by atoms with Gasteiger partial charge in [0.25, 0.3) is 0 Å². The van der Waals surface area contributed by atoms with Gasteiger partial charge in [-0.3, -0.25) is 29.8 Å². The molecule has 0 saturated heterocycles. The Bertz CT molecular complexity index is 6890. The number of para-hydroxylation sites is 8. The van der Waals surface area contributed by atoms with E-state index in [2.05, 4.69) is 131 Å². The molecule has 23 rings (SSSR count). The fourth-order valence-electron chi connectivity index (χ4n) is 14.9. The molecule has 8 bridgehead atoms. The first-order valence-corrected chi connectivity index (χ1v) is 43.6. The van der Waals surface area contributed by atoms with Gasteiger partial charge in [-0.25, -0.2) is 19.9 Å². The maximum absolute atomic E-state index is 5.95. The molecule has 23 heteroatoms. The molecular weight excluding hydrogens is 2420 g/mol. The quantitative estimate of drug-likeness (QED) is 0.0886. The number of pyridine rings is 7. The Hall–Kier alpha value is -14.6. The molecule has 0 atom stereocenters. The Balaban J connectivity index is 0.000000131. The van der Waals surface area contributed by atoms with E-state index < -0.39 is 0 Å². The van der Waals surface area contributed by atoms with Crippen LogP contribution in [0.5, 0.6) is 23.3 Å². The third-order valence-corrected chi connectivity index (χ3v) is 22.4. The van der Waals surface area contributed by atoms with Crippen LogP contribution >= 0.6 is 22.7 Å². The summed E-state index contributed by atoms with van der Waals surface area (Å²) in [6.07, 6.45) is 7.66. The van der Waals surface area contributed by atoms with Crippen molar-refractivity contribution in [2.45, 2.75) is 0 Å². The van der Waals surface area contributed by atoms with Crippen molar-refractivity contribution >= 4 is 103 Å². The fourth-order valence-corrected chi connectivity index (χ4v) is 16.1. The molecule has 0 aliphatic carbocycles. The van der Waals surface area contributed by atoms with Crippen LogP contribution in [0.25, 0.3) is 100 Å². The van der Waals surface area contributed by atoms with Gasteiger partial charge in [0, 0.05) is 72.1 Å². The second-order valence-electron chi connectivity index (χ2n) is 29.4. The van der Waals surface area contributed by atoms with Crippen molar-refractivity contribution in [3.05, 3.63) is 488 Å². The van der Waals surface area contributed by atoms with E-state index >= 15 is 0 Å². The predicted molar refractivity (Wildman–Crippen MR) is 522 cm³/mol. The van der Waals surface area contributed by atoms with E-state index in [0.717, 1.165) is 169 Å². The summed E-state index contributed by atoms with van der Waals surface area (Å²) in [4.78, 5) is 51.2. The Morgan fingerprint density at radius 1 is 0.299 bits per heavy atom. The van der Waals surface area contributed by atoms with Gasteiger partial charge in [0.15, 0.2) is 0 Å². The monoisotopic (exact) mass is 2490 g/mol. The summed E-state index contributed by atoms with van der Waals surface area (Å²) in [5, 5.41) is 15.7. The van der Waals surface area contributed by atoms with Crippen molar-refractivity contribution in [2.75, 3.05) is 19.6 Å². The molecule has 0 spiro atoms. The first kappa shape index (κ1) is 92.6. The average molecular weight is 2490 g/mol. The minimum Gasteiger partial charge on any atom is -0.497 e. The summed E-state index contributed by atoms with van der Waals surface area (Å²) in [6.45, 7) is 0. The second-order valence-corrected chi connectivity index (χ2v) is 31.2. The Morgan fingerprint density at radius 2 is 0.679 bits per heavy atom. The molecule has 3 aliphatic heterocycles. The standard InChI is InChI=1S/C38H26N6.C28H19N3.C23H15N4S2.C22H12N2O2.4Pt/c1-3-15-29(16-4-1)43-35-23-9-7-19-33(35)41-37(43)25-27-13-11-21-31(39-27)32-22-12-14-28(40-32)26-38-42-34-20-8-10-24-36(34)44(38)30-17-5-2-6-18-30;1-4-12-22(13-5-1)25-18-10-20-27(29-25)31(24-16-8-3-9-17-24)28-21-11-19-26(30-28)23-14-6-2-7-15-23;1-2-7-18(8-3-1)27(19-9-4-6-17(16-19)22-24-12-14-28-22)21-11-5-10-20(26-21)23-25-13-15-29-23;1-5-15-13-17(7-1)25-18-8-2-6-16(14-18)20-10-4-12-22(24-20)26-21-11-3-9-19(15)23-21;;;;/h1-26H;1-12,14,16-21H;1-15H;1-12H;;;;/q2*-2;-1;-2;;3*+2. The number of rotatable bonds is 15. The SMILES string of the molecule is C(=C1[N-]c2ccccc2N1c1ccccc1)c1cccc(-c2cccc(C=C3[N-]c4ccccc4N3c3ccccc3)n2)n1.[Pt+2].[Pt+2].[Pt+2].[Pt].[c-]1c(-c2nccs2)cccc1N(c1ccccc1)c1cccc(-c2nccs2)n1.[c-]1c2cccc1-c1cccc(n1)Oc1cccc(n1)-c1[c-]c(ccc1)O2.[c-]1ccccc1-c1cccc(N(c2ccccc2)c2cccc(-c3[c-]cccc3)n2)n1. The Morgan fingerprint density at radius 3 is 1.16 bits per heavy atom. The Kier molecular flexibility index (Phi) is 30.8. The number of thiazole rings is 2. The fraction of sp³-hybridized carbons (Fsp3) is 0. The molecule has 0 amide bonds. The zero-order chi connectivity index (χ0) is 87.0. The van der Waals surface area contributed by atoms with E-state index in [4.69, 9.17) is 45.0 Å².